The molecular formula is C29H27N3O2. The molecule has 3 aromatic rings. The molecule has 2 atom stereocenters. The molecule has 2 heterocycles. The van der Waals surface area contributed by atoms with Gasteiger partial charge in [-0.05, 0) is 49.4 Å². The summed E-state index contributed by atoms with van der Waals surface area (Å²) in [5, 5.41) is 6.40. The van der Waals surface area contributed by atoms with E-state index < -0.39 is 5.92 Å². The third kappa shape index (κ3) is 4.17. The summed E-state index contributed by atoms with van der Waals surface area (Å²) in [5.41, 5.74) is 6.83. The van der Waals surface area contributed by atoms with Crippen LogP contribution < -0.4 is 10.6 Å². The summed E-state index contributed by atoms with van der Waals surface area (Å²) in [6.07, 6.45) is 4.45. The minimum absolute atomic E-state index is 0.0901. The second-order valence-corrected chi connectivity index (χ2v) is 9.03. The van der Waals surface area contributed by atoms with Crippen LogP contribution in [-0.4, -0.2) is 16.7 Å². The topological polar surface area (TPSA) is 71.1 Å². The minimum Gasteiger partial charge on any atom is -0.362 e. The fraction of sp³-hybridized carbons (Fsp3) is 0.207. The van der Waals surface area contributed by atoms with Crippen LogP contribution in [0.1, 0.15) is 48.3 Å². The monoisotopic (exact) mass is 449 g/mol. The zero-order valence-electron chi connectivity index (χ0n) is 19.3. The maximum absolute atomic E-state index is 13.6. The van der Waals surface area contributed by atoms with Gasteiger partial charge in [0.15, 0.2) is 5.78 Å². The van der Waals surface area contributed by atoms with Gasteiger partial charge in [-0.2, -0.15) is 0 Å². The Labute approximate surface area is 199 Å². The molecule has 5 heteroatoms. The number of aryl methyl sites for hydroxylation is 1. The van der Waals surface area contributed by atoms with Gasteiger partial charge in [-0.25, -0.2) is 0 Å². The van der Waals surface area contributed by atoms with Crippen molar-refractivity contribution in [2.24, 2.45) is 0 Å². The molecule has 2 N–H and O–H groups in total. The predicted molar refractivity (Wildman–Crippen MR) is 133 cm³/mol. The van der Waals surface area contributed by atoms with Crippen molar-refractivity contribution in [3.05, 3.63) is 118 Å². The lowest BCUT2D eigenvalue weighted by Crippen LogP contribution is -2.37. The third-order valence-corrected chi connectivity index (χ3v) is 6.67. The van der Waals surface area contributed by atoms with Crippen molar-refractivity contribution in [3.63, 3.8) is 0 Å². The minimum atomic E-state index is -0.419. The normalized spacial score (nSPS) is 20.0. The molecule has 170 valence electrons. The summed E-state index contributed by atoms with van der Waals surface area (Å²) in [6.45, 7) is 3.95. The summed E-state index contributed by atoms with van der Waals surface area (Å²) < 4.78 is 0. The van der Waals surface area contributed by atoms with Gasteiger partial charge >= 0.3 is 0 Å². The number of aromatic nitrogens is 1. The second-order valence-electron chi connectivity index (χ2n) is 9.03. The van der Waals surface area contributed by atoms with Crippen molar-refractivity contribution in [2.45, 2.75) is 38.5 Å². The largest absolute Gasteiger partial charge is 0.362 e. The average molecular weight is 450 g/mol. The first-order valence-corrected chi connectivity index (χ1v) is 11.6. The second kappa shape index (κ2) is 9.10. The van der Waals surface area contributed by atoms with Gasteiger partial charge in [-0.15, -0.1) is 0 Å². The van der Waals surface area contributed by atoms with Crippen LogP contribution in [-0.2, 0) is 9.59 Å². The van der Waals surface area contributed by atoms with Crippen molar-refractivity contribution in [2.75, 3.05) is 5.32 Å². The summed E-state index contributed by atoms with van der Waals surface area (Å²) >= 11 is 0. The Balaban J connectivity index is 1.56. The van der Waals surface area contributed by atoms with E-state index in [2.05, 4.69) is 27.8 Å². The lowest BCUT2D eigenvalue weighted by molar-refractivity contribution is -0.116. The number of rotatable bonds is 4. The quantitative estimate of drug-likeness (QED) is 0.560. The van der Waals surface area contributed by atoms with Crippen LogP contribution in [0.15, 0.2) is 102 Å². The molecule has 0 spiro atoms. The molecule has 5 rings (SSSR count). The van der Waals surface area contributed by atoms with Gasteiger partial charge in [-0.3, -0.25) is 14.6 Å². The van der Waals surface area contributed by atoms with Crippen molar-refractivity contribution < 1.29 is 9.59 Å². The van der Waals surface area contributed by atoms with Crippen molar-refractivity contribution in [1.82, 2.24) is 10.3 Å². The van der Waals surface area contributed by atoms with Crippen LogP contribution in [0, 0.1) is 6.92 Å². The molecular weight excluding hydrogens is 422 g/mol. The zero-order valence-corrected chi connectivity index (χ0v) is 19.3. The fourth-order valence-electron chi connectivity index (χ4n) is 5.03. The Morgan fingerprint density at radius 3 is 2.41 bits per heavy atom. The molecule has 34 heavy (non-hydrogen) atoms. The molecule has 0 fully saturated rings. The number of carbonyl (C=O) groups excluding carboxylic acids is 2. The van der Waals surface area contributed by atoms with E-state index >= 15 is 0 Å². The van der Waals surface area contributed by atoms with Crippen molar-refractivity contribution in [3.8, 4) is 0 Å². The molecule has 0 bridgehead atoms. The molecule has 0 saturated heterocycles. The van der Waals surface area contributed by atoms with E-state index in [1.165, 1.54) is 0 Å². The van der Waals surface area contributed by atoms with E-state index in [1.54, 1.807) is 24.5 Å². The highest BCUT2D eigenvalue weighted by atomic mass is 16.2. The number of ketones is 1. The molecule has 0 radical (unpaired) electrons. The van der Waals surface area contributed by atoms with Gasteiger partial charge in [0.2, 0.25) is 0 Å². The number of Topliss-reactive ketones (excluding diaryl/α,β-unsaturated/α-hetero) is 1. The number of benzene rings is 2. The Morgan fingerprint density at radius 2 is 1.71 bits per heavy atom. The molecule has 1 aromatic heterocycles. The maximum atomic E-state index is 13.6. The lowest BCUT2D eigenvalue weighted by Gasteiger charge is -2.37. The fourth-order valence-corrected chi connectivity index (χ4v) is 5.03. The highest BCUT2D eigenvalue weighted by Gasteiger charge is 2.40. The maximum Gasteiger partial charge on any atom is 0.254 e. The average Bonchev–Trinajstić information content (AvgIpc) is 2.84. The Morgan fingerprint density at radius 1 is 0.941 bits per heavy atom. The number of nitrogens with one attached hydrogen (secondary N) is 2. The summed E-state index contributed by atoms with van der Waals surface area (Å²) in [5.74, 6) is -0.435. The number of carbonyl (C=O) groups is 2. The molecule has 2 aromatic carbocycles. The number of anilines is 1. The molecule has 0 saturated carbocycles. The van der Waals surface area contributed by atoms with Crippen molar-refractivity contribution in [1.29, 1.82) is 0 Å². The molecule has 1 aliphatic carbocycles. The van der Waals surface area contributed by atoms with E-state index in [-0.39, 0.29) is 17.6 Å². The van der Waals surface area contributed by atoms with E-state index in [0.29, 0.717) is 23.3 Å². The van der Waals surface area contributed by atoms with Crippen LogP contribution in [0.25, 0.3) is 0 Å². The molecule has 2 unspecified atom stereocenters. The zero-order chi connectivity index (χ0) is 23.7. The van der Waals surface area contributed by atoms with Gasteiger partial charge in [-0.1, -0.05) is 60.2 Å². The first kappa shape index (κ1) is 21.8. The standard InChI is InChI=1S/C29H27N3O2/c1-18-10-12-21(13-11-18)27-26(29(34)32-23-9-6-14-30-17-23)19(2)31-24-15-22(16-25(33)28(24)27)20-7-4-3-5-8-20/h3-14,17,22,27,31H,15-16H2,1-2H3,(H,32,34). The Bertz CT molecular complexity index is 1290. The molecule has 5 nitrogen and oxygen atoms in total. The van der Waals surface area contributed by atoms with E-state index in [1.807, 2.05) is 56.3 Å². The summed E-state index contributed by atoms with van der Waals surface area (Å²) in [6, 6.07) is 21.9. The predicted octanol–water partition coefficient (Wildman–Crippen LogP) is 5.39. The van der Waals surface area contributed by atoms with Gasteiger partial charge < -0.3 is 10.6 Å². The molecule has 1 aliphatic heterocycles. The van der Waals surface area contributed by atoms with Crippen LogP contribution in [0.5, 0.6) is 0 Å². The highest BCUT2D eigenvalue weighted by molar-refractivity contribution is 6.09. The van der Waals surface area contributed by atoms with Gasteiger partial charge in [0.05, 0.1) is 11.9 Å². The lowest BCUT2D eigenvalue weighted by atomic mass is 9.71. The van der Waals surface area contributed by atoms with Crippen LogP contribution in [0.3, 0.4) is 0 Å². The SMILES string of the molecule is CC1=C(C(=O)Nc2cccnc2)C(c2ccc(C)cc2)C2=C(CC(c3ccccc3)CC2=O)N1. The van der Waals surface area contributed by atoms with Gasteiger partial charge in [0.1, 0.15) is 0 Å². The first-order chi connectivity index (χ1) is 16.5. The number of hydrogen-bond acceptors (Lipinski definition) is 4. The van der Waals surface area contributed by atoms with E-state index in [0.717, 1.165) is 34.5 Å². The number of amides is 1. The van der Waals surface area contributed by atoms with Gasteiger partial charge in [0.25, 0.3) is 5.91 Å². The molecule has 2 aliphatic rings. The summed E-state index contributed by atoms with van der Waals surface area (Å²) in [4.78, 5) is 31.3. The number of pyridine rings is 1. The Hall–Kier alpha value is -3.99. The van der Waals surface area contributed by atoms with E-state index in [9.17, 15) is 9.59 Å². The van der Waals surface area contributed by atoms with Crippen LogP contribution in [0.2, 0.25) is 0 Å². The van der Waals surface area contributed by atoms with E-state index in [4.69, 9.17) is 0 Å². The highest BCUT2D eigenvalue weighted by Crippen LogP contribution is 2.45. The van der Waals surface area contributed by atoms with Crippen molar-refractivity contribution >= 4 is 17.4 Å². The summed E-state index contributed by atoms with van der Waals surface area (Å²) in [7, 11) is 0. The van der Waals surface area contributed by atoms with Crippen LogP contribution in [0.4, 0.5) is 5.69 Å². The number of dihydropyridines is 1. The Kier molecular flexibility index (Phi) is 5.84. The number of nitrogens with zero attached hydrogens (tertiary/aromatic N) is 1. The number of hydrogen-bond donors (Lipinski definition) is 2. The third-order valence-electron chi connectivity index (χ3n) is 6.67. The van der Waals surface area contributed by atoms with Crippen LogP contribution >= 0.6 is 0 Å². The smallest absolute Gasteiger partial charge is 0.254 e. The van der Waals surface area contributed by atoms with Gasteiger partial charge in [0, 0.05) is 41.1 Å². The number of allylic oxidation sites excluding steroid dienone is 3. The molecule has 1 amide bonds. The first-order valence-electron chi connectivity index (χ1n) is 11.6.